The van der Waals surface area contributed by atoms with E-state index in [1.807, 2.05) is 36.1 Å². The average Bonchev–Trinajstić information content (AvgIpc) is 3.26. The van der Waals surface area contributed by atoms with Gasteiger partial charge in [0, 0.05) is 6.54 Å². The first-order valence-corrected chi connectivity index (χ1v) is 8.45. The molecule has 0 aliphatic heterocycles. The van der Waals surface area contributed by atoms with Crippen LogP contribution in [0.25, 0.3) is 0 Å². The van der Waals surface area contributed by atoms with Gasteiger partial charge < -0.3 is 18.7 Å². The van der Waals surface area contributed by atoms with E-state index in [1.165, 1.54) is 12.1 Å². The van der Waals surface area contributed by atoms with E-state index in [2.05, 4.69) is 0 Å². The Morgan fingerprint density at radius 2 is 1.88 bits per heavy atom. The third kappa shape index (κ3) is 5.21. The van der Waals surface area contributed by atoms with Crippen molar-refractivity contribution in [1.29, 1.82) is 0 Å². The first-order chi connectivity index (χ1) is 12.6. The molecule has 0 saturated carbocycles. The molecule has 1 atom stereocenters. The number of hydrogen-bond acceptors (Lipinski definition) is 5. The van der Waals surface area contributed by atoms with Gasteiger partial charge in [0.05, 0.1) is 19.4 Å². The molecule has 0 fully saturated rings. The molecule has 0 aliphatic carbocycles. The number of ether oxygens (including phenoxy) is 1. The smallest absolute Gasteiger partial charge is 0.165 e. The largest absolute Gasteiger partial charge is 0.488 e. The fraction of sp³-hybridized carbons (Fsp3) is 0.300. The number of para-hydroxylation sites is 1. The Morgan fingerprint density at radius 1 is 1.08 bits per heavy atom. The van der Waals surface area contributed by atoms with Crippen LogP contribution in [-0.2, 0) is 13.1 Å². The highest BCUT2D eigenvalue weighted by Gasteiger charge is 2.17. The van der Waals surface area contributed by atoms with Crippen molar-refractivity contribution < 1.29 is 23.1 Å². The number of nitrogens with zero attached hydrogens (tertiary/aromatic N) is 1. The highest BCUT2D eigenvalue weighted by Crippen LogP contribution is 2.17. The molecule has 0 spiro atoms. The summed E-state index contributed by atoms with van der Waals surface area (Å²) >= 11 is 0. The predicted octanol–water partition coefficient (Wildman–Crippen LogP) is 3.76. The second-order valence-corrected chi connectivity index (χ2v) is 6.16. The zero-order chi connectivity index (χ0) is 18.4. The van der Waals surface area contributed by atoms with Crippen LogP contribution in [0.5, 0.6) is 5.75 Å². The first kappa shape index (κ1) is 18.2. The maximum Gasteiger partial charge on any atom is 0.165 e. The van der Waals surface area contributed by atoms with Gasteiger partial charge in [0.15, 0.2) is 11.6 Å². The van der Waals surface area contributed by atoms with Gasteiger partial charge in [-0.1, -0.05) is 12.1 Å². The van der Waals surface area contributed by atoms with Gasteiger partial charge in [0.25, 0.3) is 0 Å². The zero-order valence-corrected chi connectivity index (χ0v) is 14.6. The van der Waals surface area contributed by atoms with Gasteiger partial charge in [-0.2, -0.15) is 0 Å². The Bertz CT molecular complexity index is 800. The molecule has 138 valence electrons. The molecule has 0 amide bonds. The van der Waals surface area contributed by atoms with Crippen LogP contribution in [0.3, 0.4) is 0 Å². The minimum absolute atomic E-state index is 0.00717. The lowest BCUT2D eigenvalue weighted by atomic mass is 10.3. The Kier molecular flexibility index (Phi) is 6.09. The van der Waals surface area contributed by atoms with E-state index >= 15 is 0 Å². The number of rotatable bonds is 9. The SMILES string of the molecule is Cc1ccc(CN(Cc2ccco2)CC(O)COc2ccccc2F)o1. The average molecular weight is 359 g/mol. The molecular formula is C20H22FNO4. The second-order valence-electron chi connectivity index (χ2n) is 6.16. The zero-order valence-electron chi connectivity index (χ0n) is 14.6. The van der Waals surface area contributed by atoms with Crippen LogP contribution in [0.1, 0.15) is 17.3 Å². The van der Waals surface area contributed by atoms with E-state index in [9.17, 15) is 9.50 Å². The van der Waals surface area contributed by atoms with Gasteiger partial charge in [-0.05, 0) is 43.3 Å². The van der Waals surface area contributed by atoms with Gasteiger partial charge in [-0.25, -0.2) is 4.39 Å². The van der Waals surface area contributed by atoms with Crippen molar-refractivity contribution in [2.45, 2.75) is 26.1 Å². The molecule has 3 aromatic rings. The molecule has 2 aromatic heterocycles. The van der Waals surface area contributed by atoms with Crippen LogP contribution in [-0.4, -0.2) is 29.3 Å². The van der Waals surface area contributed by atoms with Crippen molar-refractivity contribution in [3.63, 3.8) is 0 Å². The summed E-state index contributed by atoms with van der Waals surface area (Å²) in [6.45, 7) is 3.24. The highest BCUT2D eigenvalue weighted by atomic mass is 19.1. The molecule has 5 nitrogen and oxygen atoms in total. The fourth-order valence-corrected chi connectivity index (χ4v) is 2.70. The van der Waals surface area contributed by atoms with Crippen LogP contribution in [0.4, 0.5) is 4.39 Å². The third-order valence-corrected chi connectivity index (χ3v) is 3.87. The van der Waals surface area contributed by atoms with Crippen LogP contribution in [0, 0.1) is 12.7 Å². The summed E-state index contributed by atoms with van der Waals surface area (Å²) in [5, 5.41) is 10.3. The van der Waals surface area contributed by atoms with Crippen LogP contribution >= 0.6 is 0 Å². The predicted molar refractivity (Wildman–Crippen MR) is 94.2 cm³/mol. The van der Waals surface area contributed by atoms with Gasteiger partial charge in [0.1, 0.15) is 30.0 Å². The van der Waals surface area contributed by atoms with Gasteiger partial charge in [-0.15, -0.1) is 0 Å². The van der Waals surface area contributed by atoms with E-state index in [4.69, 9.17) is 13.6 Å². The summed E-state index contributed by atoms with van der Waals surface area (Å²) in [6, 6.07) is 13.6. The molecule has 0 saturated heterocycles. The topological polar surface area (TPSA) is 59.0 Å². The van der Waals surface area contributed by atoms with Crippen LogP contribution in [0.2, 0.25) is 0 Å². The summed E-state index contributed by atoms with van der Waals surface area (Å²) in [5.41, 5.74) is 0. The summed E-state index contributed by atoms with van der Waals surface area (Å²) in [7, 11) is 0. The van der Waals surface area contributed by atoms with Crippen molar-refractivity contribution in [2.75, 3.05) is 13.2 Å². The molecule has 0 bridgehead atoms. The van der Waals surface area contributed by atoms with Crippen molar-refractivity contribution in [2.24, 2.45) is 0 Å². The first-order valence-electron chi connectivity index (χ1n) is 8.45. The lowest BCUT2D eigenvalue weighted by molar-refractivity contribution is 0.0567. The fourth-order valence-electron chi connectivity index (χ4n) is 2.70. The van der Waals surface area contributed by atoms with Crippen molar-refractivity contribution in [3.05, 3.63) is 77.9 Å². The van der Waals surface area contributed by atoms with E-state index in [1.54, 1.807) is 18.4 Å². The molecule has 0 aliphatic rings. The normalized spacial score (nSPS) is 12.5. The lowest BCUT2D eigenvalue weighted by Gasteiger charge is -2.23. The third-order valence-electron chi connectivity index (χ3n) is 3.87. The Labute approximate surface area is 151 Å². The molecule has 26 heavy (non-hydrogen) atoms. The van der Waals surface area contributed by atoms with Crippen molar-refractivity contribution in [1.82, 2.24) is 4.90 Å². The molecule has 1 N–H and O–H groups in total. The van der Waals surface area contributed by atoms with Crippen molar-refractivity contribution >= 4 is 0 Å². The maximum atomic E-state index is 13.6. The molecular weight excluding hydrogens is 337 g/mol. The monoisotopic (exact) mass is 359 g/mol. The molecule has 3 rings (SSSR count). The number of halogens is 1. The van der Waals surface area contributed by atoms with E-state index in [0.717, 1.165) is 17.3 Å². The van der Waals surface area contributed by atoms with Crippen LogP contribution in [0.15, 0.2) is 63.6 Å². The maximum absolute atomic E-state index is 13.6. The van der Waals surface area contributed by atoms with E-state index < -0.39 is 11.9 Å². The van der Waals surface area contributed by atoms with Gasteiger partial charge in [-0.3, -0.25) is 4.90 Å². The molecule has 1 aromatic carbocycles. The summed E-state index contributed by atoms with van der Waals surface area (Å²) in [5.74, 6) is 2.11. The number of furan rings is 2. The van der Waals surface area contributed by atoms with E-state index in [-0.39, 0.29) is 12.4 Å². The summed E-state index contributed by atoms with van der Waals surface area (Å²) in [4.78, 5) is 1.99. The summed E-state index contributed by atoms with van der Waals surface area (Å²) in [6.07, 6.45) is 0.822. The van der Waals surface area contributed by atoms with Gasteiger partial charge >= 0.3 is 0 Å². The van der Waals surface area contributed by atoms with Crippen LogP contribution < -0.4 is 4.74 Å². The Morgan fingerprint density at radius 3 is 2.58 bits per heavy atom. The Hall–Kier alpha value is -2.57. The second kappa shape index (κ2) is 8.69. The summed E-state index contributed by atoms with van der Waals surface area (Å²) < 4.78 is 30.0. The number of benzene rings is 1. The number of aliphatic hydroxyl groups excluding tert-OH is 1. The number of hydrogen-bond donors (Lipinski definition) is 1. The highest BCUT2D eigenvalue weighted by molar-refractivity contribution is 5.23. The molecule has 0 radical (unpaired) electrons. The Balaban J connectivity index is 1.59. The van der Waals surface area contributed by atoms with Crippen molar-refractivity contribution in [3.8, 4) is 5.75 Å². The molecule has 1 unspecified atom stereocenters. The number of aryl methyl sites for hydroxylation is 1. The minimum Gasteiger partial charge on any atom is -0.488 e. The van der Waals surface area contributed by atoms with E-state index in [0.29, 0.717) is 19.6 Å². The molecule has 2 heterocycles. The van der Waals surface area contributed by atoms with Gasteiger partial charge in [0.2, 0.25) is 0 Å². The minimum atomic E-state index is -0.791. The number of aliphatic hydroxyl groups is 1. The standard InChI is InChI=1S/C20H22FNO4/c1-15-8-9-18(26-15)13-22(12-17-5-4-10-24-17)11-16(23)14-25-20-7-3-2-6-19(20)21/h2-10,16,23H,11-14H2,1H3. The quantitative estimate of drug-likeness (QED) is 0.630. The molecule has 6 heteroatoms. The lowest BCUT2D eigenvalue weighted by Crippen LogP contribution is -2.35.